The summed E-state index contributed by atoms with van der Waals surface area (Å²) in [4.78, 5) is 0.969. The molecule has 1 rings (SSSR count). The first kappa shape index (κ1) is 15.7. The van der Waals surface area contributed by atoms with E-state index in [9.17, 15) is 0 Å². The monoisotopic (exact) mass is 302 g/mol. The summed E-state index contributed by atoms with van der Waals surface area (Å²) in [5, 5.41) is 13.6. The molecule has 0 radical (unpaired) electrons. The molecular weight excluding hydrogens is 287 g/mol. The predicted octanol–water partition coefficient (Wildman–Crippen LogP) is 4.37. The SMILES string of the molecule is CCCNC(C#N)CCSc1cc(Cl)ccc1Cl. The minimum atomic E-state index is -0.0876. The Balaban J connectivity index is 2.41. The Morgan fingerprint density at radius 3 is 2.89 bits per heavy atom. The summed E-state index contributed by atoms with van der Waals surface area (Å²) in [5.74, 6) is 0.842. The molecule has 0 aromatic heterocycles. The van der Waals surface area contributed by atoms with Gasteiger partial charge in [0.15, 0.2) is 0 Å². The van der Waals surface area contributed by atoms with E-state index < -0.39 is 0 Å². The molecule has 1 aromatic carbocycles. The first-order valence-corrected chi connectivity index (χ1v) is 7.62. The average Bonchev–Trinajstić information content (AvgIpc) is 2.37. The van der Waals surface area contributed by atoms with Crippen LogP contribution in [0.3, 0.4) is 0 Å². The Morgan fingerprint density at radius 1 is 1.44 bits per heavy atom. The Bertz CT molecular complexity index is 418. The fourth-order valence-electron chi connectivity index (χ4n) is 1.41. The van der Waals surface area contributed by atoms with Crippen LogP contribution in [0.4, 0.5) is 0 Å². The third kappa shape index (κ3) is 5.49. The number of hydrogen-bond acceptors (Lipinski definition) is 3. The highest BCUT2D eigenvalue weighted by atomic mass is 35.5. The largest absolute Gasteiger partial charge is 0.302 e. The zero-order valence-corrected chi connectivity index (χ0v) is 12.6. The van der Waals surface area contributed by atoms with Crippen LogP contribution in [0.15, 0.2) is 23.1 Å². The first-order valence-electron chi connectivity index (χ1n) is 5.88. The molecule has 1 aromatic rings. The molecule has 98 valence electrons. The fraction of sp³-hybridized carbons (Fsp3) is 0.462. The summed E-state index contributed by atoms with van der Waals surface area (Å²) in [5.41, 5.74) is 0. The third-order valence-corrected chi connectivity index (χ3v) is 4.12. The predicted molar refractivity (Wildman–Crippen MR) is 79.5 cm³/mol. The Hall–Kier alpha value is -0.400. The maximum atomic E-state index is 8.98. The molecule has 0 spiro atoms. The van der Waals surface area contributed by atoms with Gasteiger partial charge in [-0.15, -0.1) is 11.8 Å². The average molecular weight is 303 g/mol. The molecule has 0 saturated carbocycles. The van der Waals surface area contributed by atoms with Gasteiger partial charge < -0.3 is 5.32 Å². The molecule has 5 heteroatoms. The Kier molecular flexibility index (Phi) is 7.53. The van der Waals surface area contributed by atoms with E-state index in [1.54, 1.807) is 23.9 Å². The molecule has 1 N–H and O–H groups in total. The highest BCUT2D eigenvalue weighted by molar-refractivity contribution is 7.99. The molecular formula is C13H16Cl2N2S. The summed E-state index contributed by atoms with van der Waals surface area (Å²) >= 11 is 13.6. The van der Waals surface area contributed by atoms with E-state index in [0.717, 1.165) is 30.0 Å². The lowest BCUT2D eigenvalue weighted by Crippen LogP contribution is -2.28. The lowest BCUT2D eigenvalue weighted by molar-refractivity contribution is 0.585. The van der Waals surface area contributed by atoms with Crippen molar-refractivity contribution in [3.8, 4) is 6.07 Å². The summed E-state index contributed by atoms with van der Waals surface area (Å²) in [7, 11) is 0. The van der Waals surface area contributed by atoms with Crippen molar-refractivity contribution in [2.24, 2.45) is 0 Å². The molecule has 0 amide bonds. The van der Waals surface area contributed by atoms with Crippen LogP contribution in [0, 0.1) is 11.3 Å². The van der Waals surface area contributed by atoms with Gasteiger partial charge in [-0.3, -0.25) is 0 Å². The Morgan fingerprint density at radius 2 is 2.22 bits per heavy atom. The molecule has 0 saturated heterocycles. The van der Waals surface area contributed by atoms with E-state index in [-0.39, 0.29) is 6.04 Å². The fourth-order valence-corrected chi connectivity index (χ4v) is 2.91. The van der Waals surface area contributed by atoms with E-state index in [2.05, 4.69) is 18.3 Å². The molecule has 0 aliphatic carbocycles. The topological polar surface area (TPSA) is 35.8 Å². The van der Waals surface area contributed by atoms with Gasteiger partial charge in [0.2, 0.25) is 0 Å². The highest BCUT2D eigenvalue weighted by Gasteiger charge is 2.07. The van der Waals surface area contributed by atoms with Crippen LogP contribution in [0.1, 0.15) is 19.8 Å². The van der Waals surface area contributed by atoms with Crippen molar-refractivity contribution in [3.05, 3.63) is 28.2 Å². The van der Waals surface area contributed by atoms with Gasteiger partial charge in [-0.05, 0) is 37.6 Å². The number of rotatable bonds is 7. The van der Waals surface area contributed by atoms with Crippen LogP contribution in [0.5, 0.6) is 0 Å². The number of benzene rings is 1. The lowest BCUT2D eigenvalue weighted by atomic mass is 10.2. The van der Waals surface area contributed by atoms with E-state index >= 15 is 0 Å². The number of nitrogens with one attached hydrogen (secondary N) is 1. The molecule has 0 bridgehead atoms. The number of thioether (sulfide) groups is 1. The van der Waals surface area contributed by atoms with Gasteiger partial charge in [0.1, 0.15) is 0 Å². The maximum absolute atomic E-state index is 8.98. The van der Waals surface area contributed by atoms with Crippen LogP contribution in [-0.4, -0.2) is 18.3 Å². The molecule has 1 atom stereocenters. The first-order chi connectivity index (χ1) is 8.67. The van der Waals surface area contributed by atoms with Gasteiger partial charge in [-0.2, -0.15) is 5.26 Å². The van der Waals surface area contributed by atoms with Crippen molar-refractivity contribution in [1.82, 2.24) is 5.32 Å². The van der Waals surface area contributed by atoms with Crippen molar-refractivity contribution in [3.63, 3.8) is 0 Å². The zero-order valence-electron chi connectivity index (χ0n) is 10.2. The van der Waals surface area contributed by atoms with E-state index in [1.165, 1.54) is 0 Å². The lowest BCUT2D eigenvalue weighted by Gasteiger charge is -2.10. The van der Waals surface area contributed by atoms with Gasteiger partial charge in [0.05, 0.1) is 17.1 Å². The van der Waals surface area contributed by atoms with Gasteiger partial charge >= 0.3 is 0 Å². The Labute approximate surface area is 123 Å². The molecule has 1 unspecified atom stereocenters. The second-order valence-corrected chi connectivity index (χ2v) is 5.83. The quantitative estimate of drug-likeness (QED) is 0.760. The molecule has 0 heterocycles. The third-order valence-electron chi connectivity index (χ3n) is 2.35. The van der Waals surface area contributed by atoms with Crippen LogP contribution in [0.25, 0.3) is 0 Å². The summed E-state index contributed by atoms with van der Waals surface area (Å²) < 4.78 is 0. The number of nitrogens with zero attached hydrogens (tertiary/aromatic N) is 1. The van der Waals surface area contributed by atoms with Crippen LogP contribution >= 0.6 is 35.0 Å². The van der Waals surface area contributed by atoms with E-state index in [4.69, 9.17) is 28.5 Å². The molecule has 0 aliphatic heterocycles. The van der Waals surface area contributed by atoms with E-state index in [0.29, 0.717) is 10.0 Å². The molecule has 18 heavy (non-hydrogen) atoms. The van der Waals surface area contributed by atoms with Crippen molar-refractivity contribution in [1.29, 1.82) is 5.26 Å². The van der Waals surface area contributed by atoms with Crippen molar-refractivity contribution < 1.29 is 0 Å². The van der Waals surface area contributed by atoms with Crippen molar-refractivity contribution in [2.45, 2.75) is 30.7 Å². The van der Waals surface area contributed by atoms with Gasteiger partial charge in [-0.1, -0.05) is 30.1 Å². The summed E-state index contributed by atoms with van der Waals surface area (Å²) in [6, 6.07) is 7.60. The summed E-state index contributed by atoms with van der Waals surface area (Å²) in [6.07, 6.45) is 1.83. The smallest absolute Gasteiger partial charge is 0.0961 e. The minimum Gasteiger partial charge on any atom is -0.302 e. The summed E-state index contributed by atoms with van der Waals surface area (Å²) in [6.45, 7) is 2.96. The van der Waals surface area contributed by atoms with Crippen LogP contribution in [-0.2, 0) is 0 Å². The second kappa shape index (κ2) is 8.66. The van der Waals surface area contributed by atoms with Gasteiger partial charge in [0.25, 0.3) is 0 Å². The standard InChI is InChI=1S/C13H16Cl2N2S/c1-2-6-17-11(9-16)5-7-18-13-8-10(14)3-4-12(13)15/h3-4,8,11,17H,2,5-7H2,1H3. The number of nitriles is 1. The van der Waals surface area contributed by atoms with Gasteiger partial charge in [0, 0.05) is 15.7 Å². The van der Waals surface area contributed by atoms with E-state index in [1.807, 2.05) is 6.07 Å². The second-order valence-electron chi connectivity index (χ2n) is 3.85. The minimum absolute atomic E-state index is 0.0876. The maximum Gasteiger partial charge on any atom is 0.0961 e. The number of hydrogen-bond donors (Lipinski definition) is 1. The number of halogens is 2. The van der Waals surface area contributed by atoms with Crippen molar-refractivity contribution in [2.75, 3.05) is 12.3 Å². The van der Waals surface area contributed by atoms with Crippen LogP contribution in [0.2, 0.25) is 10.0 Å². The highest BCUT2D eigenvalue weighted by Crippen LogP contribution is 2.30. The normalized spacial score (nSPS) is 12.1. The molecule has 2 nitrogen and oxygen atoms in total. The van der Waals surface area contributed by atoms with Crippen LogP contribution < -0.4 is 5.32 Å². The zero-order chi connectivity index (χ0) is 13.4. The molecule has 0 fully saturated rings. The van der Waals surface area contributed by atoms with Crippen molar-refractivity contribution >= 4 is 35.0 Å². The molecule has 0 aliphatic rings. The van der Waals surface area contributed by atoms with Gasteiger partial charge in [-0.25, -0.2) is 0 Å².